The van der Waals surface area contributed by atoms with Crippen molar-refractivity contribution in [2.75, 3.05) is 0 Å². The second kappa shape index (κ2) is 26.5. The van der Waals surface area contributed by atoms with Crippen LogP contribution in [0.4, 0.5) is 0 Å². The van der Waals surface area contributed by atoms with Crippen LogP contribution in [0.15, 0.2) is 243 Å². The van der Waals surface area contributed by atoms with E-state index in [0.717, 1.165) is 21.8 Å². The van der Waals surface area contributed by atoms with E-state index in [1.807, 2.05) is 24.5 Å². The van der Waals surface area contributed by atoms with Gasteiger partial charge in [-0.1, -0.05) is 252 Å². The van der Waals surface area contributed by atoms with Crippen molar-refractivity contribution in [2.45, 2.75) is 41.5 Å². The zero-order valence-corrected chi connectivity index (χ0v) is 45.6. The van der Waals surface area contributed by atoms with Gasteiger partial charge in [-0.2, -0.15) is 0 Å². The minimum Gasteiger partial charge on any atom is -0.356 e. The molecule has 9 heteroatoms. The molecule has 0 fully saturated rings. The molecule has 0 aliphatic rings. The van der Waals surface area contributed by atoms with E-state index in [1.54, 1.807) is 0 Å². The number of aromatic nitrogens is 2. The number of benzene rings is 9. The Hall–Kier alpha value is -7.62. The Bertz CT molecular complexity index is 3110. The molecule has 0 aliphatic heterocycles. The summed E-state index contributed by atoms with van der Waals surface area (Å²) in [5.41, 5.74) is 14.5. The van der Waals surface area contributed by atoms with E-state index < -0.39 is 20.9 Å². The first-order chi connectivity index (χ1) is 35.9. The van der Waals surface area contributed by atoms with Gasteiger partial charge in [0, 0.05) is 23.2 Å². The fourth-order valence-corrected chi connectivity index (χ4v) is 13.1. The molecule has 0 bridgehead atoms. The predicted molar refractivity (Wildman–Crippen MR) is 317 cm³/mol. The van der Waals surface area contributed by atoms with Gasteiger partial charge in [-0.3, -0.25) is 9.97 Å². The average molecular weight is 1070 g/mol. The Labute approximate surface area is 454 Å². The minimum atomic E-state index is -1.75. The van der Waals surface area contributed by atoms with Crippen molar-refractivity contribution in [3.05, 3.63) is 292 Å². The maximum atomic E-state index is 8.25. The van der Waals surface area contributed by atoms with Crippen LogP contribution >= 0.6 is 15.8 Å². The summed E-state index contributed by atoms with van der Waals surface area (Å²) in [5, 5.41) is 25.5. The van der Waals surface area contributed by atoms with Crippen LogP contribution in [0.3, 0.4) is 0 Å². The number of aryl methyl sites for hydroxylation is 6. The molecule has 11 rings (SSSR count). The Balaban J connectivity index is 0.000000158. The van der Waals surface area contributed by atoms with Crippen LogP contribution in [0.25, 0.3) is 44.1 Å². The van der Waals surface area contributed by atoms with Crippen LogP contribution in [0, 0.1) is 56.9 Å². The first-order valence-corrected chi connectivity index (χ1v) is 27.2. The van der Waals surface area contributed by atoms with Crippen molar-refractivity contribution in [3.63, 3.8) is 0 Å². The maximum absolute atomic E-state index is 8.25. The molecule has 0 saturated carbocycles. The second-order valence-corrected chi connectivity index (χ2v) is 22.7. The molecular formula is C66H58CuN3O3P2. The first-order valence-electron chi connectivity index (χ1n) is 24.5. The number of nitrogens with zero attached hydrogens (tertiary/aromatic N) is 3. The number of hydrogen-bond acceptors (Lipinski definition) is 5. The van der Waals surface area contributed by atoms with E-state index in [4.69, 9.17) is 15.3 Å². The monoisotopic (exact) mass is 1070 g/mol. The van der Waals surface area contributed by atoms with Gasteiger partial charge in [0.1, 0.15) is 0 Å². The Morgan fingerprint density at radius 2 is 0.533 bits per heavy atom. The molecule has 0 N–H and O–H groups in total. The molecule has 9 aromatic carbocycles. The largest absolute Gasteiger partial charge is 1.00 e. The van der Waals surface area contributed by atoms with Gasteiger partial charge in [0.15, 0.2) is 0 Å². The van der Waals surface area contributed by atoms with Crippen LogP contribution < -0.4 is 31.8 Å². The normalized spacial score (nSPS) is 10.6. The van der Waals surface area contributed by atoms with E-state index in [9.17, 15) is 0 Å². The fraction of sp³-hybridized carbons (Fsp3) is 0.0909. The van der Waals surface area contributed by atoms with Gasteiger partial charge in [0.2, 0.25) is 0 Å². The first kappa shape index (κ1) is 55.1. The smallest absolute Gasteiger partial charge is 0.356 e. The summed E-state index contributed by atoms with van der Waals surface area (Å²) in [6.45, 7) is 12.9. The third-order valence-corrected chi connectivity index (χ3v) is 17.4. The molecule has 0 amide bonds. The Kier molecular flexibility index (Phi) is 19.5. The van der Waals surface area contributed by atoms with Gasteiger partial charge in [-0.15, -0.1) is 0 Å². The average Bonchev–Trinajstić information content (AvgIpc) is 3.42. The van der Waals surface area contributed by atoms with Crippen LogP contribution in [0.1, 0.15) is 33.4 Å². The zero-order chi connectivity index (χ0) is 52.0. The summed E-state index contributed by atoms with van der Waals surface area (Å²) < 4.78 is 0. The molecule has 0 spiro atoms. The van der Waals surface area contributed by atoms with Gasteiger partial charge in [-0.25, -0.2) is 0 Å². The van der Waals surface area contributed by atoms with E-state index in [-0.39, 0.29) is 17.1 Å². The molecule has 75 heavy (non-hydrogen) atoms. The van der Waals surface area contributed by atoms with Crippen molar-refractivity contribution < 1.29 is 22.2 Å². The minimum absolute atomic E-state index is 0. The predicted octanol–water partition coefficient (Wildman–Crippen LogP) is 14.6. The van der Waals surface area contributed by atoms with Crippen molar-refractivity contribution >= 4 is 69.5 Å². The number of fused-ring (bicyclic) bond motifs is 3. The summed E-state index contributed by atoms with van der Waals surface area (Å²) in [7, 11) is -0.966. The number of hydrogen-bond donors (Lipinski definition) is 0. The van der Waals surface area contributed by atoms with Gasteiger partial charge in [-0.05, 0) is 124 Å². The SMILES string of the molecule is Cc1ccc(P(c2ccc(C)cc2)c2ccc(C)cc2)cc1.Cc1ccc(P(c2ccc(C)cc2)c2ccc(C)cc2)cc1.O=[N+]([O-])[O-].[Cu+].c1ccc(-c2ccnc3c2ccc2c(-c4ccccc4)ccnc23)cc1. The van der Waals surface area contributed by atoms with Crippen LogP contribution in [0.5, 0.6) is 0 Å². The third-order valence-electron chi connectivity index (χ3n) is 12.5. The van der Waals surface area contributed by atoms with Gasteiger partial charge in [0.25, 0.3) is 0 Å². The topological polar surface area (TPSA) is 92.0 Å². The van der Waals surface area contributed by atoms with E-state index in [0.29, 0.717) is 0 Å². The molecular weight excluding hydrogens is 1010 g/mol. The van der Waals surface area contributed by atoms with E-state index >= 15 is 0 Å². The van der Waals surface area contributed by atoms with Crippen molar-refractivity contribution in [1.82, 2.24) is 9.97 Å². The molecule has 0 aliphatic carbocycles. The summed E-state index contributed by atoms with van der Waals surface area (Å²) in [6.07, 6.45) is 3.75. The molecule has 0 radical (unpaired) electrons. The summed E-state index contributed by atoms with van der Waals surface area (Å²) in [5.74, 6) is 0. The van der Waals surface area contributed by atoms with E-state index in [1.165, 1.54) is 87.5 Å². The van der Waals surface area contributed by atoms with Crippen LogP contribution in [-0.2, 0) is 17.1 Å². The Morgan fingerprint density at radius 3 is 0.747 bits per heavy atom. The number of pyridine rings is 2. The summed E-state index contributed by atoms with van der Waals surface area (Å²) in [6, 6.07) is 83.3. The number of rotatable bonds is 8. The van der Waals surface area contributed by atoms with Crippen LogP contribution in [-0.4, -0.2) is 15.1 Å². The molecule has 376 valence electrons. The molecule has 11 aromatic rings. The fourth-order valence-electron chi connectivity index (χ4n) is 8.62. The molecule has 0 saturated heterocycles. The van der Waals surface area contributed by atoms with Gasteiger partial charge >= 0.3 is 17.1 Å². The van der Waals surface area contributed by atoms with Gasteiger partial charge < -0.3 is 15.3 Å². The molecule has 0 atom stereocenters. The third kappa shape index (κ3) is 14.6. The second-order valence-electron chi connectivity index (χ2n) is 18.2. The van der Waals surface area contributed by atoms with Gasteiger partial charge in [0.05, 0.1) is 16.1 Å². The van der Waals surface area contributed by atoms with E-state index in [2.05, 4.69) is 270 Å². The van der Waals surface area contributed by atoms with Crippen molar-refractivity contribution in [3.8, 4) is 22.3 Å². The Morgan fingerprint density at radius 1 is 0.320 bits per heavy atom. The standard InChI is InChI=1S/C24H16N2.2C21H21P.Cu.NO3/c1-3-7-17(8-4-1)19-13-15-25-23-21(19)11-12-22-20(14-16-26-24(22)23)18-9-5-2-6-10-18;2*1-16-4-10-19(11-5-16)22(20-12-6-17(2)7-13-20)21-14-8-18(3)9-15-21;;2-1(3)4/h1-16H;2*4-15H,1-3H3;;/q;;;+1;-1. The van der Waals surface area contributed by atoms with Crippen molar-refractivity contribution in [2.24, 2.45) is 0 Å². The molecule has 2 heterocycles. The zero-order valence-electron chi connectivity index (χ0n) is 42.9. The summed E-state index contributed by atoms with van der Waals surface area (Å²) in [4.78, 5) is 17.6. The molecule has 2 aromatic heterocycles. The molecule has 0 unspecified atom stereocenters. The summed E-state index contributed by atoms with van der Waals surface area (Å²) >= 11 is 0. The van der Waals surface area contributed by atoms with Crippen molar-refractivity contribution in [1.29, 1.82) is 0 Å². The quantitative estimate of drug-likeness (QED) is 0.0497. The van der Waals surface area contributed by atoms with Crippen LogP contribution in [0.2, 0.25) is 0 Å². The molecule has 6 nitrogen and oxygen atoms in total. The maximum Gasteiger partial charge on any atom is 1.00 e.